The topological polar surface area (TPSA) is 16.2 Å². The van der Waals surface area contributed by atoms with Crippen molar-refractivity contribution in [1.82, 2.24) is 0 Å². The molecular weight excluding hydrogens is 935 g/mol. The van der Waals surface area contributed by atoms with Crippen LogP contribution in [0.3, 0.4) is 0 Å². The van der Waals surface area contributed by atoms with E-state index in [-0.39, 0.29) is 0 Å². The highest BCUT2D eigenvalue weighted by Crippen LogP contribution is 2.56. The molecular formula is C72H51N5. The fourth-order valence-electron chi connectivity index (χ4n) is 11.3. The quantitative estimate of drug-likeness (QED) is 0.135. The lowest BCUT2D eigenvalue weighted by molar-refractivity contribution is 1.17. The minimum atomic E-state index is 1.07. The highest BCUT2D eigenvalue weighted by atomic mass is 15.3. The smallest absolute Gasteiger partial charge is 0.0703 e. The molecule has 0 fully saturated rings. The van der Waals surface area contributed by atoms with Crippen molar-refractivity contribution >= 4 is 85.3 Å². The van der Waals surface area contributed by atoms with Gasteiger partial charge in [-0.2, -0.15) is 0 Å². The number of rotatable bonds is 10. The minimum absolute atomic E-state index is 1.07. The molecule has 0 radical (unpaired) electrons. The second-order valence-electron chi connectivity index (χ2n) is 19.4. The molecule has 364 valence electrons. The fourth-order valence-corrected chi connectivity index (χ4v) is 11.3. The number of fused-ring (bicyclic) bond motifs is 4. The zero-order valence-electron chi connectivity index (χ0n) is 42.2. The molecule has 2 aliphatic rings. The van der Waals surface area contributed by atoms with Crippen LogP contribution in [0.15, 0.2) is 309 Å². The molecule has 0 bridgehead atoms. The SMILES string of the molecule is c1ccc(-c2ccc(N(c3ccc(-c4cccc(N5c6ccccc6N(c6ccccc6)c6ccccc65)c4)cc3)c3ccc(-c4cccc(N5c6ccccc6N(c6ccccc6)c6ccccc65)c4)cc3)cc2)cc1. The summed E-state index contributed by atoms with van der Waals surface area (Å²) < 4.78 is 0. The first-order chi connectivity index (χ1) is 38.2. The third-order valence-corrected chi connectivity index (χ3v) is 14.8. The predicted molar refractivity (Wildman–Crippen MR) is 323 cm³/mol. The summed E-state index contributed by atoms with van der Waals surface area (Å²) in [5.41, 5.74) is 23.7. The second kappa shape index (κ2) is 19.5. The van der Waals surface area contributed by atoms with Crippen LogP contribution in [0, 0.1) is 0 Å². The van der Waals surface area contributed by atoms with E-state index in [1.807, 2.05) is 0 Å². The van der Waals surface area contributed by atoms with E-state index in [1.165, 1.54) is 11.1 Å². The van der Waals surface area contributed by atoms with Crippen LogP contribution in [0.2, 0.25) is 0 Å². The molecule has 0 saturated heterocycles. The Morgan fingerprint density at radius 3 is 0.701 bits per heavy atom. The first kappa shape index (κ1) is 45.3. The summed E-state index contributed by atoms with van der Waals surface area (Å²) in [6.45, 7) is 0. The van der Waals surface area contributed by atoms with E-state index in [0.717, 1.165) is 108 Å². The van der Waals surface area contributed by atoms with Gasteiger partial charge in [0, 0.05) is 39.8 Å². The first-order valence-corrected chi connectivity index (χ1v) is 26.3. The molecule has 0 unspecified atom stereocenters. The molecule has 0 spiro atoms. The fraction of sp³-hybridized carbons (Fsp3) is 0. The van der Waals surface area contributed by atoms with E-state index in [4.69, 9.17) is 0 Å². The van der Waals surface area contributed by atoms with E-state index in [9.17, 15) is 0 Å². The number of hydrogen-bond donors (Lipinski definition) is 0. The zero-order chi connectivity index (χ0) is 51.1. The molecule has 5 heteroatoms. The number of nitrogens with zero attached hydrogens (tertiary/aromatic N) is 5. The molecule has 2 heterocycles. The lowest BCUT2D eigenvalue weighted by Crippen LogP contribution is -2.23. The minimum Gasteiger partial charge on any atom is -0.311 e. The van der Waals surface area contributed by atoms with Gasteiger partial charge in [-0.25, -0.2) is 0 Å². The zero-order valence-corrected chi connectivity index (χ0v) is 42.2. The Balaban J connectivity index is 0.800. The highest BCUT2D eigenvalue weighted by Gasteiger charge is 2.32. The Morgan fingerprint density at radius 1 is 0.169 bits per heavy atom. The summed E-state index contributed by atoms with van der Waals surface area (Å²) in [5, 5.41) is 0. The van der Waals surface area contributed by atoms with Crippen molar-refractivity contribution in [2.24, 2.45) is 0 Å². The van der Waals surface area contributed by atoms with Crippen LogP contribution in [-0.4, -0.2) is 0 Å². The molecule has 12 aromatic carbocycles. The Morgan fingerprint density at radius 2 is 0.390 bits per heavy atom. The van der Waals surface area contributed by atoms with Crippen molar-refractivity contribution < 1.29 is 0 Å². The Labute approximate surface area is 450 Å². The maximum atomic E-state index is 2.40. The van der Waals surface area contributed by atoms with Crippen molar-refractivity contribution in [3.63, 3.8) is 0 Å². The molecule has 14 rings (SSSR count). The molecule has 12 aromatic rings. The van der Waals surface area contributed by atoms with Crippen LogP contribution >= 0.6 is 0 Å². The third-order valence-electron chi connectivity index (χ3n) is 14.8. The average molecular weight is 986 g/mol. The monoisotopic (exact) mass is 985 g/mol. The molecule has 77 heavy (non-hydrogen) atoms. The highest BCUT2D eigenvalue weighted by molar-refractivity contribution is 6.03. The van der Waals surface area contributed by atoms with Gasteiger partial charge in [-0.15, -0.1) is 0 Å². The van der Waals surface area contributed by atoms with Crippen LogP contribution in [0.4, 0.5) is 85.3 Å². The number of benzene rings is 12. The molecule has 0 aromatic heterocycles. The molecule has 0 N–H and O–H groups in total. The van der Waals surface area contributed by atoms with Crippen molar-refractivity contribution in [2.75, 3.05) is 24.5 Å². The standard InChI is InChI=1S/C72H51N5/c1-4-20-52(21-5-1)53-38-44-60(45-39-53)73(61-46-40-54(41-47-61)56-22-18-28-63(50-56)76-69-34-14-10-30-65(69)74(58-24-6-2-7-25-58)66-31-11-15-35-70(66)76)62-48-42-55(43-49-62)57-23-19-29-64(51-57)77-71-36-16-12-32-67(71)75(59-26-8-3-9-27-59)68-33-13-17-37-72(68)77/h1-51H. The van der Waals surface area contributed by atoms with Gasteiger partial charge in [0.05, 0.1) is 45.5 Å². The van der Waals surface area contributed by atoms with Crippen LogP contribution in [0.1, 0.15) is 0 Å². The van der Waals surface area contributed by atoms with Crippen LogP contribution in [-0.2, 0) is 0 Å². The maximum absolute atomic E-state index is 2.40. The molecule has 0 amide bonds. The largest absolute Gasteiger partial charge is 0.311 e. The summed E-state index contributed by atoms with van der Waals surface area (Å²) in [6.07, 6.45) is 0. The van der Waals surface area contributed by atoms with Crippen LogP contribution in [0.25, 0.3) is 33.4 Å². The van der Waals surface area contributed by atoms with E-state index >= 15 is 0 Å². The van der Waals surface area contributed by atoms with Gasteiger partial charge >= 0.3 is 0 Å². The first-order valence-electron chi connectivity index (χ1n) is 26.3. The van der Waals surface area contributed by atoms with Crippen molar-refractivity contribution in [1.29, 1.82) is 0 Å². The van der Waals surface area contributed by atoms with E-state index in [0.29, 0.717) is 0 Å². The Kier molecular flexibility index (Phi) is 11.5. The van der Waals surface area contributed by atoms with Crippen LogP contribution < -0.4 is 24.5 Å². The summed E-state index contributed by atoms with van der Waals surface area (Å²) in [7, 11) is 0. The van der Waals surface area contributed by atoms with E-state index < -0.39 is 0 Å². The molecule has 0 aliphatic carbocycles. The van der Waals surface area contributed by atoms with Gasteiger partial charge in [0.2, 0.25) is 0 Å². The van der Waals surface area contributed by atoms with Gasteiger partial charge in [-0.3, -0.25) is 0 Å². The normalized spacial score (nSPS) is 12.3. The average Bonchev–Trinajstić information content (AvgIpc) is 3.53. The molecule has 0 saturated carbocycles. The second-order valence-corrected chi connectivity index (χ2v) is 19.4. The Bertz CT molecular complexity index is 3730. The summed E-state index contributed by atoms with van der Waals surface area (Å²) >= 11 is 0. The van der Waals surface area contributed by atoms with Gasteiger partial charge < -0.3 is 24.5 Å². The molecule has 0 atom stereocenters. The molecule has 5 nitrogen and oxygen atoms in total. The van der Waals surface area contributed by atoms with Gasteiger partial charge in [0.15, 0.2) is 0 Å². The lowest BCUT2D eigenvalue weighted by Gasteiger charge is -2.40. The summed E-state index contributed by atoms with van der Waals surface area (Å²) in [6, 6.07) is 111. The van der Waals surface area contributed by atoms with E-state index in [2.05, 4.69) is 334 Å². The van der Waals surface area contributed by atoms with Crippen molar-refractivity contribution in [3.05, 3.63) is 309 Å². The van der Waals surface area contributed by atoms with E-state index in [1.54, 1.807) is 0 Å². The van der Waals surface area contributed by atoms with Crippen LogP contribution in [0.5, 0.6) is 0 Å². The van der Waals surface area contributed by atoms with Gasteiger partial charge in [0.25, 0.3) is 0 Å². The molecule has 2 aliphatic heterocycles. The van der Waals surface area contributed by atoms with Crippen molar-refractivity contribution in [3.8, 4) is 33.4 Å². The number of anilines is 15. The van der Waals surface area contributed by atoms with Crippen molar-refractivity contribution in [2.45, 2.75) is 0 Å². The lowest BCUT2D eigenvalue weighted by atomic mass is 10.0. The van der Waals surface area contributed by atoms with Gasteiger partial charge in [0.1, 0.15) is 0 Å². The maximum Gasteiger partial charge on any atom is 0.0703 e. The summed E-state index contributed by atoms with van der Waals surface area (Å²) in [5.74, 6) is 0. The Hall–Kier alpha value is -10.4. The number of hydrogen-bond acceptors (Lipinski definition) is 5. The number of para-hydroxylation sites is 10. The van der Waals surface area contributed by atoms with Gasteiger partial charge in [-0.1, -0.05) is 176 Å². The summed E-state index contributed by atoms with van der Waals surface area (Å²) in [4.78, 5) is 11.9. The predicted octanol–water partition coefficient (Wildman–Crippen LogP) is 20.7. The van der Waals surface area contributed by atoms with Gasteiger partial charge in [-0.05, 0) is 167 Å². The third kappa shape index (κ3) is 8.24.